The third kappa shape index (κ3) is 3.74. The molecule has 0 radical (unpaired) electrons. The maximum Gasteiger partial charge on any atom is 0.248 e. The second-order valence-electron chi connectivity index (χ2n) is 5.92. The number of aliphatic hydroxyl groups is 1. The van der Waals surface area contributed by atoms with Crippen molar-refractivity contribution in [2.24, 2.45) is 5.92 Å². The molecule has 1 aliphatic heterocycles. The molecule has 0 aromatic carbocycles. The van der Waals surface area contributed by atoms with Crippen LogP contribution in [0.25, 0.3) is 0 Å². The van der Waals surface area contributed by atoms with Crippen molar-refractivity contribution in [1.82, 2.24) is 10.1 Å². The molecule has 1 aliphatic rings. The number of piperidine rings is 1. The van der Waals surface area contributed by atoms with Gasteiger partial charge in [-0.1, -0.05) is 18.5 Å². The number of carbonyl (C=O) groups excluding carboxylic acids is 2. The molecule has 1 saturated heterocycles. The van der Waals surface area contributed by atoms with Gasteiger partial charge in [0.25, 0.3) is 0 Å². The number of aromatic nitrogens is 1. The van der Waals surface area contributed by atoms with Gasteiger partial charge in [-0.15, -0.1) is 0 Å². The molecule has 0 aliphatic carbocycles. The van der Waals surface area contributed by atoms with Crippen LogP contribution in [0, 0.1) is 5.92 Å². The van der Waals surface area contributed by atoms with Crippen molar-refractivity contribution in [2.75, 3.05) is 19.7 Å². The number of carbonyl (C=O) groups is 2. The number of hydrogen-bond donors (Lipinski definition) is 1. The Morgan fingerprint density at radius 3 is 2.59 bits per heavy atom. The molecular formula is C16H24N2O4. The van der Waals surface area contributed by atoms with E-state index in [1.807, 2.05) is 6.92 Å². The molecule has 1 fully saturated rings. The molecule has 2 rings (SSSR count). The van der Waals surface area contributed by atoms with E-state index in [4.69, 9.17) is 9.63 Å². The lowest BCUT2D eigenvalue weighted by atomic mass is 9.90. The maximum absolute atomic E-state index is 11.9. The standard InChI is InChI=1S/C16H24N2O4/c1-3-4-13-16(11(2)20)14(22-17-13)9-12-5-7-18(8-6-12)15(21)10-19/h12,19H,3-10H2,1-2H3. The van der Waals surface area contributed by atoms with Gasteiger partial charge < -0.3 is 14.5 Å². The summed E-state index contributed by atoms with van der Waals surface area (Å²) in [7, 11) is 0. The van der Waals surface area contributed by atoms with Crippen LogP contribution in [0.15, 0.2) is 4.52 Å². The molecule has 0 saturated carbocycles. The van der Waals surface area contributed by atoms with E-state index in [1.54, 1.807) is 11.8 Å². The molecule has 1 aromatic rings. The first-order valence-electron chi connectivity index (χ1n) is 7.93. The molecule has 6 heteroatoms. The average molecular weight is 308 g/mol. The van der Waals surface area contributed by atoms with E-state index in [-0.39, 0.29) is 11.7 Å². The van der Waals surface area contributed by atoms with Crippen molar-refractivity contribution >= 4 is 11.7 Å². The minimum Gasteiger partial charge on any atom is -0.387 e. The van der Waals surface area contributed by atoms with E-state index in [9.17, 15) is 9.59 Å². The Labute approximate surface area is 130 Å². The Hall–Kier alpha value is -1.69. The van der Waals surface area contributed by atoms with Gasteiger partial charge in [0.05, 0.1) is 11.3 Å². The van der Waals surface area contributed by atoms with Crippen LogP contribution in [0.4, 0.5) is 0 Å². The number of rotatable bonds is 6. The summed E-state index contributed by atoms with van der Waals surface area (Å²) in [6, 6.07) is 0. The van der Waals surface area contributed by atoms with E-state index in [1.165, 1.54) is 0 Å². The van der Waals surface area contributed by atoms with Gasteiger partial charge in [0, 0.05) is 19.5 Å². The van der Waals surface area contributed by atoms with Gasteiger partial charge in [0.1, 0.15) is 12.4 Å². The number of aryl methyl sites for hydroxylation is 1. The normalized spacial score (nSPS) is 16.0. The number of amides is 1. The second-order valence-corrected chi connectivity index (χ2v) is 5.92. The lowest BCUT2D eigenvalue weighted by molar-refractivity contribution is -0.135. The van der Waals surface area contributed by atoms with E-state index < -0.39 is 6.61 Å². The predicted octanol–water partition coefficient (Wildman–Crippen LogP) is 1.60. The van der Waals surface area contributed by atoms with Crippen LogP contribution >= 0.6 is 0 Å². The summed E-state index contributed by atoms with van der Waals surface area (Å²) in [5.74, 6) is 0.853. The highest BCUT2D eigenvalue weighted by Crippen LogP contribution is 2.25. The molecule has 122 valence electrons. The van der Waals surface area contributed by atoms with Crippen LogP contribution < -0.4 is 0 Å². The fourth-order valence-electron chi connectivity index (χ4n) is 3.06. The van der Waals surface area contributed by atoms with Crippen LogP contribution in [-0.4, -0.2) is 46.5 Å². The van der Waals surface area contributed by atoms with Crippen LogP contribution in [0.1, 0.15) is 54.9 Å². The molecule has 1 aromatic heterocycles. The second kappa shape index (κ2) is 7.54. The van der Waals surface area contributed by atoms with Crippen molar-refractivity contribution in [3.8, 4) is 0 Å². The molecule has 6 nitrogen and oxygen atoms in total. The van der Waals surface area contributed by atoms with Gasteiger partial charge in [0.2, 0.25) is 5.91 Å². The van der Waals surface area contributed by atoms with E-state index in [0.29, 0.717) is 36.8 Å². The Morgan fingerprint density at radius 2 is 2.05 bits per heavy atom. The zero-order chi connectivity index (χ0) is 16.1. The van der Waals surface area contributed by atoms with E-state index in [0.717, 1.165) is 31.4 Å². The number of ketones is 1. The lowest BCUT2D eigenvalue weighted by Gasteiger charge is -2.31. The van der Waals surface area contributed by atoms with E-state index >= 15 is 0 Å². The maximum atomic E-state index is 11.9. The lowest BCUT2D eigenvalue weighted by Crippen LogP contribution is -2.40. The third-order valence-electron chi connectivity index (χ3n) is 4.25. The molecule has 2 heterocycles. The summed E-state index contributed by atoms with van der Waals surface area (Å²) < 4.78 is 5.42. The van der Waals surface area contributed by atoms with Crippen molar-refractivity contribution in [3.63, 3.8) is 0 Å². The van der Waals surface area contributed by atoms with Crippen molar-refractivity contribution in [3.05, 3.63) is 17.0 Å². The predicted molar refractivity (Wildman–Crippen MR) is 80.6 cm³/mol. The van der Waals surface area contributed by atoms with Crippen LogP contribution in [0.3, 0.4) is 0 Å². The average Bonchev–Trinajstić information content (AvgIpc) is 2.90. The zero-order valence-electron chi connectivity index (χ0n) is 13.3. The number of aliphatic hydroxyl groups excluding tert-OH is 1. The first-order valence-corrected chi connectivity index (χ1v) is 7.93. The molecule has 0 spiro atoms. The highest BCUT2D eigenvalue weighted by molar-refractivity contribution is 5.96. The Kier molecular flexibility index (Phi) is 5.71. The molecule has 1 N–H and O–H groups in total. The minimum atomic E-state index is -0.429. The summed E-state index contributed by atoms with van der Waals surface area (Å²) >= 11 is 0. The highest BCUT2D eigenvalue weighted by Gasteiger charge is 2.26. The van der Waals surface area contributed by atoms with E-state index in [2.05, 4.69) is 5.16 Å². The van der Waals surface area contributed by atoms with Gasteiger partial charge in [-0.2, -0.15) is 0 Å². The first kappa shape index (κ1) is 16.7. The minimum absolute atomic E-state index is 0.00703. The number of nitrogens with zero attached hydrogens (tertiary/aromatic N) is 2. The topological polar surface area (TPSA) is 83.6 Å². The monoisotopic (exact) mass is 308 g/mol. The summed E-state index contributed by atoms with van der Waals surface area (Å²) in [5.41, 5.74) is 1.41. The first-order chi connectivity index (χ1) is 10.6. The molecular weight excluding hydrogens is 284 g/mol. The van der Waals surface area contributed by atoms with Crippen molar-refractivity contribution in [2.45, 2.75) is 46.0 Å². The smallest absolute Gasteiger partial charge is 0.248 e. The molecule has 22 heavy (non-hydrogen) atoms. The summed E-state index contributed by atoms with van der Waals surface area (Å²) in [6.07, 6.45) is 4.07. The Balaban J connectivity index is 2.00. The largest absolute Gasteiger partial charge is 0.387 e. The summed E-state index contributed by atoms with van der Waals surface area (Å²) in [6.45, 7) is 4.47. The number of hydrogen-bond acceptors (Lipinski definition) is 5. The van der Waals surface area contributed by atoms with Gasteiger partial charge >= 0.3 is 0 Å². The quantitative estimate of drug-likeness (QED) is 0.807. The van der Waals surface area contributed by atoms with Crippen LogP contribution in [0.5, 0.6) is 0 Å². The SMILES string of the molecule is CCCc1noc(CC2CCN(C(=O)CO)CC2)c1C(C)=O. The van der Waals surface area contributed by atoms with Crippen LogP contribution in [0.2, 0.25) is 0 Å². The fraction of sp³-hybridized carbons (Fsp3) is 0.688. The van der Waals surface area contributed by atoms with Crippen LogP contribution in [-0.2, 0) is 17.6 Å². The molecule has 0 bridgehead atoms. The molecule has 0 unspecified atom stereocenters. The van der Waals surface area contributed by atoms with Crippen molar-refractivity contribution in [1.29, 1.82) is 0 Å². The third-order valence-corrected chi connectivity index (χ3v) is 4.25. The Bertz CT molecular complexity index is 530. The summed E-state index contributed by atoms with van der Waals surface area (Å²) in [5, 5.41) is 12.9. The summed E-state index contributed by atoms with van der Waals surface area (Å²) in [4.78, 5) is 25.0. The number of likely N-dealkylation sites (tertiary alicyclic amines) is 1. The van der Waals surface area contributed by atoms with Gasteiger partial charge in [-0.05, 0) is 32.1 Å². The fourth-order valence-corrected chi connectivity index (χ4v) is 3.06. The zero-order valence-corrected chi connectivity index (χ0v) is 13.3. The highest BCUT2D eigenvalue weighted by atomic mass is 16.5. The van der Waals surface area contributed by atoms with Gasteiger partial charge in [-0.3, -0.25) is 9.59 Å². The van der Waals surface area contributed by atoms with Gasteiger partial charge in [0.15, 0.2) is 5.78 Å². The number of Topliss-reactive ketones (excluding diaryl/α,β-unsaturated/α-hetero) is 1. The van der Waals surface area contributed by atoms with Crippen molar-refractivity contribution < 1.29 is 19.2 Å². The molecule has 0 atom stereocenters. The Morgan fingerprint density at radius 1 is 1.36 bits per heavy atom. The molecule has 1 amide bonds. The van der Waals surface area contributed by atoms with Gasteiger partial charge in [-0.25, -0.2) is 0 Å².